The van der Waals surface area contributed by atoms with Crippen LogP contribution in [0, 0.1) is 5.92 Å². The zero-order chi connectivity index (χ0) is 19.7. The first-order valence-electron chi connectivity index (χ1n) is 10.5. The highest BCUT2D eigenvalue weighted by Gasteiger charge is 2.54. The van der Waals surface area contributed by atoms with Gasteiger partial charge in [-0.1, -0.05) is 19.9 Å². The topological polar surface area (TPSA) is 45.2 Å². The first-order valence-corrected chi connectivity index (χ1v) is 10.5. The number of piperazine rings is 1. The molecule has 0 radical (unpaired) electrons. The predicted octanol–water partition coefficient (Wildman–Crippen LogP) is 1.95. The van der Waals surface area contributed by atoms with E-state index in [-0.39, 0.29) is 11.4 Å². The number of amides is 1. The number of ether oxygens (including phenoxy) is 2. The van der Waals surface area contributed by atoms with Crippen molar-refractivity contribution in [2.45, 2.75) is 31.8 Å². The predicted molar refractivity (Wildman–Crippen MR) is 109 cm³/mol. The zero-order valence-corrected chi connectivity index (χ0v) is 17.4. The molecule has 6 nitrogen and oxygen atoms in total. The highest BCUT2D eigenvalue weighted by molar-refractivity contribution is 5.94. The van der Waals surface area contributed by atoms with Crippen LogP contribution in [0.15, 0.2) is 24.3 Å². The average molecular weight is 388 g/mol. The summed E-state index contributed by atoms with van der Waals surface area (Å²) in [6.07, 6.45) is 1.23. The molecule has 3 aliphatic rings. The van der Waals surface area contributed by atoms with Crippen molar-refractivity contribution in [2.24, 2.45) is 5.92 Å². The van der Waals surface area contributed by atoms with Crippen molar-refractivity contribution in [1.82, 2.24) is 14.7 Å². The molecule has 1 spiro atoms. The molecule has 3 aliphatic heterocycles. The molecule has 3 heterocycles. The Labute approximate surface area is 168 Å². The highest BCUT2D eigenvalue weighted by Crippen LogP contribution is 2.36. The largest absolute Gasteiger partial charge is 0.497 e. The molecule has 6 heteroatoms. The number of carbonyl (C=O) groups is 1. The second-order valence-corrected chi connectivity index (χ2v) is 8.96. The van der Waals surface area contributed by atoms with E-state index in [0.717, 1.165) is 64.1 Å². The highest BCUT2D eigenvalue weighted by atomic mass is 16.5. The Bertz CT molecular complexity index is 702. The van der Waals surface area contributed by atoms with Crippen molar-refractivity contribution in [3.8, 4) is 5.75 Å². The normalized spacial score (nSPS) is 24.9. The van der Waals surface area contributed by atoms with Gasteiger partial charge in [0.2, 0.25) is 0 Å². The van der Waals surface area contributed by atoms with E-state index < -0.39 is 0 Å². The van der Waals surface area contributed by atoms with Gasteiger partial charge in [-0.2, -0.15) is 0 Å². The lowest BCUT2D eigenvalue weighted by Gasteiger charge is -2.63. The van der Waals surface area contributed by atoms with Gasteiger partial charge < -0.3 is 14.4 Å². The standard InChI is InChI=1S/C22H33N3O3/c1-17(2)7-8-23-14-22(15-23)16-24(12-19-13-28-10-9-25(19)22)21(26)18-5-4-6-20(11-18)27-3/h4-6,11,17,19H,7-10,12-16H2,1-3H3. The number of carbonyl (C=O) groups excluding carboxylic acids is 1. The Morgan fingerprint density at radius 3 is 2.89 bits per heavy atom. The van der Waals surface area contributed by atoms with Crippen LogP contribution in [0.25, 0.3) is 0 Å². The summed E-state index contributed by atoms with van der Waals surface area (Å²) in [5.41, 5.74) is 0.786. The molecule has 1 atom stereocenters. The number of morpholine rings is 1. The van der Waals surface area contributed by atoms with E-state index >= 15 is 0 Å². The number of hydrogen-bond acceptors (Lipinski definition) is 5. The van der Waals surface area contributed by atoms with Crippen LogP contribution in [0.5, 0.6) is 5.75 Å². The quantitative estimate of drug-likeness (QED) is 0.773. The smallest absolute Gasteiger partial charge is 0.254 e. The van der Waals surface area contributed by atoms with Crippen molar-refractivity contribution in [2.75, 3.05) is 59.6 Å². The van der Waals surface area contributed by atoms with E-state index in [2.05, 4.69) is 23.6 Å². The molecule has 0 N–H and O–H groups in total. The molecule has 0 bridgehead atoms. The van der Waals surface area contributed by atoms with Gasteiger partial charge in [0.15, 0.2) is 0 Å². The van der Waals surface area contributed by atoms with Crippen LogP contribution >= 0.6 is 0 Å². The third-order valence-corrected chi connectivity index (χ3v) is 6.42. The fourth-order valence-electron chi connectivity index (χ4n) is 4.96. The maximum absolute atomic E-state index is 13.3. The second-order valence-electron chi connectivity index (χ2n) is 8.96. The molecule has 4 rings (SSSR count). The number of benzene rings is 1. The van der Waals surface area contributed by atoms with E-state index in [1.165, 1.54) is 6.42 Å². The molecular weight excluding hydrogens is 354 g/mol. The summed E-state index contributed by atoms with van der Waals surface area (Å²) in [6, 6.07) is 7.79. The minimum atomic E-state index is 0.0816. The van der Waals surface area contributed by atoms with Gasteiger partial charge in [0.25, 0.3) is 5.91 Å². The van der Waals surface area contributed by atoms with E-state index in [1.54, 1.807) is 7.11 Å². The van der Waals surface area contributed by atoms with E-state index in [4.69, 9.17) is 9.47 Å². The van der Waals surface area contributed by atoms with Gasteiger partial charge in [0.1, 0.15) is 5.75 Å². The minimum absolute atomic E-state index is 0.0816. The molecule has 28 heavy (non-hydrogen) atoms. The number of hydrogen-bond donors (Lipinski definition) is 0. The van der Waals surface area contributed by atoms with Gasteiger partial charge in [-0.05, 0) is 37.1 Å². The Balaban J connectivity index is 1.50. The first kappa shape index (κ1) is 19.7. The lowest BCUT2D eigenvalue weighted by Crippen LogP contribution is -2.80. The third-order valence-electron chi connectivity index (χ3n) is 6.42. The maximum Gasteiger partial charge on any atom is 0.254 e. The van der Waals surface area contributed by atoms with Crippen LogP contribution in [-0.2, 0) is 4.74 Å². The second kappa shape index (κ2) is 8.01. The lowest BCUT2D eigenvalue weighted by atomic mass is 9.82. The first-order chi connectivity index (χ1) is 13.5. The molecular formula is C22H33N3O3. The van der Waals surface area contributed by atoms with Crippen molar-refractivity contribution < 1.29 is 14.3 Å². The van der Waals surface area contributed by atoms with Gasteiger partial charge in [0.05, 0.1) is 31.9 Å². The molecule has 0 aromatic heterocycles. The zero-order valence-electron chi connectivity index (χ0n) is 17.4. The molecule has 1 aromatic rings. The van der Waals surface area contributed by atoms with Crippen LogP contribution < -0.4 is 4.74 Å². The molecule has 3 saturated heterocycles. The van der Waals surface area contributed by atoms with Gasteiger partial charge in [-0.3, -0.25) is 14.6 Å². The van der Waals surface area contributed by atoms with Crippen LogP contribution in [0.1, 0.15) is 30.6 Å². The number of rotatable bonds is 5. The Morgan fingerprint density at radius 1 is 1.32 bits per heavy atom. The molecule has 154 valence electrons. The van der Waals surface area contributed by atoms with Crippen LogP contribution in [0.2, 0.25) is 0 Å². The SMILES string of the molecule is COc1cccc(C(=O)N2CC3COCCN3C3(CN(CCC(C)C)C3)C2)c1. The molecule has 1 aromatic carbocycles. The van der Waals surface area contributed by atoms with Crippen LogP contribution in [-0.4, -0.2) is 91.8 Å². The van der Waals surface area contributed by atoms with Crippen molar-refractivity contribution in [3.63, 3.8) is 0 Å². The van der Waals surface area contributed by atoms with Crippen molar-refractivity contribution in [3.05, 3.63) is 29.8 Å². The summed E-state index contributed by atoms with van der Waals surface area (Å²) in [4.78, 5) is 20.5. The maximum atomic E-state index is 13.3. The molecule has 0 saturated carbocycles. The summed E-state index contributed by atoms with van der Waals surface area (Å²) in [7, 11) is 1.64. The molecule has 3 fully saturated rings. The molecule has 1 unspecified atom stereocenters. The lowest BCUT2D eigenvalue weighted by molar-refractivity contribution is -0.158. The van der Waals surface area contributed by atoms with Gasteiger partial charge in [-0.15, -0.1) is 0 Å². The summed E-state index contributed by atoms with van der Waals surface area (Å²) in [5, 5.41) is 0. The van der Waals surface area contributed by atoms with E-state index in [1.807, 2.05) is 29.2 Å². The van der Waals surface area contributed by atoms with Crippen LogP contribution in [0.4, 0.5) is 0 Å². The number of nitrogens with zero attached hydrogens (tertiary/aromatic N) is 3. The summed E-state index contributed by atoms with van der Waals surface area (Å²) < 4.78 is 11.1. The Hall–Kier alpha value is -1.63. The number of methoxy groups -OCH3 is 1. The minimum Gasteiger partial charge on any atom is -0.497 e. The average Bonchev–Trinajstić information content (AvgIpc) is 2.69. The summed E-state index contributed by atoms with van der Waals surface area (Å²) >= 11 is 0. The monoisotopic (exact) mass is 387 g/mol. The third kappa shape index (κ3) is 3.78. The fraction of sp³-hybridized carbons (Fsp3) is 0.682. The number of likely N-dealkylation sites (tertiary alicyclic amines) is 1. The number of fused-ring (bicyclic) bond motifs is 2. The Kier molecular flexibility index (Phi) is 5.63. The van der Waals surface area contributed by atoms with Gasteiger partial charge in [0, 0.05) is 38.3 Å². The van der Waals surface area contributed by atoms with E-state index in [0.29, 0.717) is 11.6 Å². The van der Waals surface area contributed by atoms with Crippen molar-refractivity contribution in [1.29, 1.82) is 0 Å². The van der Waals surface area contributed by atoms with Crippen LogP contribution in [0.3, 0.4) is 0 Å². The molecule has 1 amide bonds. The van der Waals surface area contributed by atoms with Crippen molar-refractivity contribution >= 4 is 5.91 Å². The summed E-state index contributed by atoms with van der Waals surface area (Å²) in [6.45, 7) is 11.9. The fourth-order valence-corrected chi connectivity index (χ4v) is 4.96. The van der Waals surface area contributed by atoms with Gasteiger partial charge >= 0.3 is 0 Å². The summed E-state index contributed by atoms with van der Waals surface area (Å²) in [5.74, 6) is 1.55. The molecule has 0 aliphatic carbocycles. The Morgan fingerprint density at radius 2 is 2.14 bits per heavy atom. The van der Waals surface area contributed by atoms with Gasteiger partial charge in [-0.25, -0.2) is 0 Å². The van der Waals surface area contributed by atoms with E-state index in [9.17, 15) is 4.79 Å².